The average molecular weight is 1470 g/mol. The second-order valence-corrected chi connectivity index (χ2v) is 25.7. The number of nitrogens with zero attached hydrogens (tertiary/aromatic N) is 4. The van der Waals surface area contributed by atoms with Gasteiger partial charge in [0.15, 0.2) is 11.9 Å². The number of amides is 11. The molecule has 0 aliphatic heterocycles. The molecule has 103 heavy (non-hydrogen) atoms. The maximum atomic E-state index is 14.8. The van der Waals surface area contributed by atoms with Gasteiger partial charge in [0.25, 0.3) is 0 Å². The van der Waals surface area contributed by atoms with Crippen molar-refractivity contribution in [2.75, 3.05) is 18.8 Å². The quantitative estimate of drug-likeness (QED) is 0.0108. The minimum atomic E-state index is -2.05. The zero-order chi connectivity index (χ0) is 77.2. The third-order valence-electron chi connectivity index (χ3n) is 15.4. The van der Waals surface area contributed by atoms with E-state index in [1.165, 1.54) is 32.0 Å². The zero-order valence-electron chi connectivity index (χ0n) is 58.3. The van der Waals surface area contributed by atoms with Crippen LogP contribution in [0.5, 0.6) is 0 Å². The Morgan fingerprint density at radius 2 is 0.845 bits per heavy atom. The van der Waals surface area contributed by atoms with E-state index < -0.39 is 174 Å². The summed E-state index contributed by atoms with van der Waals surface area (Å²) in [6.07, 6.45) is -0.508. The van der Waals surface area contributed by atoms with E-state index in [9.17, 15) is 82.8 Å². The van der Waals surface area contributed by atoms with Crippen molar-refractivity contribution in [2.24, 2.45) is 50.5 Å². The Kier molecular flexibility index (Phi) is 37.1. The lowest BCUT2D eigenvalue weighted by atomic mass is 10.0. The molecule has 0 fully saturated rings. The van der Waals surface area contributed by atoms with Crippen LogP contribution in [0.4, 0.5) is 0 Å². The van der Waals surface area contributed by atoms with Crippen molar-refractivity contribution in [3.63, 3.8) is 0 Å². The first-order valence-corrected chi connectivity index (χ1v) is 33.7. The second kappa shape index (κ2) is 44.0. The zero-order valence-corrected chi connectivity index (χ0v) is 59.2. The highest BCUT2D eigenvalue weighted by Crippen LogP contribution is 2.13. The summed E-state index contributed by atoms with van der Waals surface area (Å²) >= 11 is 4.03. The molecule has 0 aliphatic carbocycles. The molecule has 0 aliphatic rings. The van der Waals surface area contributed by atoms with Crippen molar-refractivity contribution < 1.29 is 82.8 Å². The number of thiol groups is 1. The summed E-state index contributed by atoms with van der Waals surface area (Å²) in [6, 6.07) is -10.6. The second-order valence-electron chi connectivity index (χ2n) is 25.3. The van der Waals surface area contributed by atoms with Crippen molar-refractivity contribution in [2.45, 2.75) is 197 Å². The molecule has 2 aromatic heterocycles. The number of aromatic amines is 2. The molecular weight excluding hydrogens is 1370 g/mol. The molecule has 3 aromatic rings. The number of nitrogens with two attached hydrogens (primary N) is 5. The Morgan fingerprint density at radius 1 is 0.466 bits per heavy atom. The topological polar surface area (TPSA) is 647 Å². The maximum absolute atomic E-state index is 14.8. The number of carboxylic acid groups (broad SMARTS) is 2. The number of guanidine groups is 2. The Bertz CT molecular complexity index is 3350. The smallest absolute Gasteiger partial charge is 0.327 e. The van der Waals surface area contributed by atoms with Gasteiger partial charge in [0, 0.05) is 61.9 Å². The van der Waals surface area contributed by atoms with E-state index in [-0.39, 0.29) is 98.9 Å². The fourth-order valence-electron chi connectivity index (χ4n) is 10.0. The molecule has 14 atom stereocenters. The molecule has 0 saturated heterocycles. The molecule has 2 heterocycles. The van der Waals surface area contributed by atoms with E-state index in [4.69, 9.17) is 28.7 Å². The van der Waals surface area contributed by atoms with E-state index in [2.05, 4.69) is 101 Å². The first kappa shape index (κ1) is 86.7. The van der Waals surface area contributed by atoms with Crippen molar-refractivity contribution >= 4 is 101 Å². The van der Waals surface area contributed by atoms with E-state index in [1.807, 2.05) is 13.8 Å². The van der Waals surface area contributed by atoms with Gasteiger partial charge in [-0.15, -0.1) is 0 Å². The number of hydrogen-bond donors (Lipinski definition) is 23. The van der Waals surface area contributed by atoms with Gasteiger partial charge in [0.05, 0.1) is 37.3 Å². The first-order chi connectivity index (χ1) is 48.5. The lowest BCUT2D eigenvalue weighted by molar-refractivity contribution is -0.142. The average Bonchev–Trinajstić information content (AvgIpc) is 1.11. The largest absolute Gasteiger partial charge is 0.481 e. The molecule has 0 bridgehead atoms. The number of aliphatic carboxylic acids is 2. The van der Waals surface area contributed by atoms with Crippen LogP contribution in [0.25, 0.3) is 0 Å². The number of rotatable bonds is 46. The molecule has 3 rings (SSSR count). The summed E-state index contributed by atoms with van der Waals surface area (Å²) in [6.45, 7) is 10.5. The SMILES string of the molecule is CC(C)C[C@H](NC(=O)[C@@H](N)CC(C)C)C(=O)N[C@@H](C)C(=O)N[C@@H](CC(=O)O)C(=O)N[C@H](C(=O)N[C@H](C(=O)N[C@@H](Cc1cnc[nH]1)C(=O)N[C@@H](Cc1cnc[nH]1)C(=O)N[C@@H](CCCN=C(N)N)C(=O)N[C@@H](CCCN=C(N)N)C(=O)N[C@@H](Cc1ccccc1)C(=O)N[C@@H](CS)C(=O)O)[C@@H](C)O)[C@@H](C)O. The molecule has 11 amide bonds. The number of H-pyrrole nitrogens is 2. The Labute approximate surface area is 599 Å². The van der Waals surface area contributed by atoms with Crippen molar-refractivity contribution in [3.05, 3.63) is 72.3 Å². The van der Waals surface area contributed by atoms with Crippen LogP contribution in [-0.4, -0.2) is 233 Å². The fourth-order valence-corrected chi connectivity index (χ4v) is 10.3. The van der Waals surface area contributed by atoms with Gasteiger partial charge in [-0.05, 0) is 76.7 Å². The van der Waals surface area contributed by atoms with Gasteiger partial charge in [0.2, 0.25) is 65.0 Å². The third-order valence-corrected chi connectivity index (χ3v) is 15.7. The van der Waals surface area contributed by atoms with Crippen LogP contribution < -0.4 is 87.2 Å². The molecule has 39 nitrogen and oxygen atoms in total. The number of aromatic nitrogens is 4. The van der Waals surface area contributed by atoms with Gasteiger partial charge in [-0.1, -0.05) is 58.0 Å². The van der Waals surface area contributed by atoms with E-state index in [0.717, 1.165) is 13.8 Å². The van der Waals surface area contributed by atoms with Crippen LogP contribution >= 0.6 is 12.6 Å². The number of carboxylic acids is 2. The molecule has 0 spiro atoms. The summed E-state index contributed by atoms with van der Waals surface area (Å²) in [4.78, 5) is 200. The standard InChI is InChI=1S/C63H100N22O17S/c1-30(2)19-38(64)51(91)79-41(20-31(3)4)54(94)75-32(5)50(90)78-45(24-47(88)89)58(98)84-49(34(7)87)60(100)85-48(33(6)86)59(99)82-44(23-37-26-70-29-74-37)57(97)81-43(22-36-25-69-28-73-36)56(96)77-39(15-11-17-71-62(65)66)52(92)76-40(16-12-18-72-63(67)68)53(93)80-42(21-35-13-9-8-10-14-35)55(95)83-46(27-103)61(101)102/h8-10,13-14,25-26,28-34,38-46,48-49,86-87,103H,11-12,15-24,27,64H2,1-7H3,(H,69,73)(H,70,74)(H,75,94)(H,76,92)(H,77,96)(H,78,90)(H,79,91)(H,80,93)(H,81,97)(H,82,99)(H,83,95)(H,84,98)(H,85,100)(H,88,89)(H,101,102)(H4,65,66,71)(H4,67,68,72)/t32-,33+,34+,38-,39-,40-,41-,42-,43-,44-,45-,46-,48-,49-/m0/s1. The molecule has 0 saturated carbocycles. The van der Waals surface area contributed by atoms with Gasteiger partial charge in [-0.2, -0.15) is 12.6 Å². The predicted octanol–water partition coefficient (Wildman–Crippen LogP) is -6.71. The van der Waals surface area contributed by atoms with Crippen LogP contribution in [0, 0.1) is 11.8 Å². The van der Waals surface area contributed by atoms with Gasteiger partial charge < -0.3 is 118 Å². The van der Waals surface area contributed by atoms with Crippen LogP contribution in [0.1, 0.15) is 110 Å². The van der Waals surface area contributed by atoms with Crippen LogP contribution in [0.2, 0.25) is 0 Å². The molecule has 40 heteroatoms. The summed E-state index contributed by atoms with van der Waals surface area (Å²) < 4.78 is 0. The predicted molar refractivity (Wildman–Crippen MR) is 375 cm³/mol. The maximum Gasteiger partial charge on any atom is 0.327 e. The molecule has 27 N–H and O–H groups in total. The molecule has 570 valence electrons. The van der Waals surface area contributed by atoms with Gasteiger partial charge in [-0.3, -0.25) is 67.5 Å². The molecule has 1 aromatic carbocycles. The summed E-state index contributed by atoms with van der Waals surface area (Å²) in [5.41, 5.74) is 29.3. The minimum absolute atomic E-state index is 0.0125. The fraction of sp³-hybridized carbons (Fsp3) is 0.571. The van der Waals surface area contributed by atoms with Gasteiger partial charge in [0.1, 0.15) is 66.5 Å². The number of aliphatic imine (C=N–C) groups is 2. The van der Waals surface area contributed by atoms with Gasteiger partial charge in [-0.25, -0.2) is 14.8 Å². The molecule has 0 radical (unpaired) electrons. The molecule has 0 unspecified atom stereocenters. The molecular formula is C63H100N22O17S. The third kappa shape index (κ3) is 31.9. The Balaban J connectivity index is 1.97. The number of benzene rings is 1. The minimum Gasteiger partial charge on any atom is -0.481 e. The number of aliphatic hydroxyl groups is 2. The first-order valence-electron chi connectivity index (χ1n) is 33.1. The van der Waals surface area contributed by atoms with Crippen LogP contribution in [-0.2, 0) is 81.6 Å². The summed E-state index contributed by atoms with van der Waals surface area (Å²) in [7, 11) is 0. The van der Waals surface area contributed by atoms with E-state index in [1.54, 1.807) is 44.2 Å². The van der Waals surface area contributed by atoms with Crippen LogP contribution in [0.15, 0.2) is 65.4 Å². The lowest BCUT2D eigenvalue weighted by Gasteiger charge is -2.29. The number of carbonyl (C=O) groups is 13. The van der Waals surface area contributed by atoms with E-state index >= 15 is 0 Å². The highest BCUT2D eigenvalue weighted by atomic mass is 32.1. The number of nitrogens with one attached hydrogen (secondary N) is 13. The summed E-state index contributed by atoms with van der Waals surface area (Å²) in [5.74, 6) is -15.4. The van der Waals surface area contributed by atoms with Crippen LogP contribution in [0.3, 0.4) is 0 Å². The van der Waals surface area contributed by atoms with E-state index in [0.29, 0.717) is 12.0 Å². The normalized spacial score (nSPS) is 15.2. The van der Waals surface area contributed by atoms with Gasteiger partial charge >= 0.3 is 11.9 Å². The highest BCUT2D eigenvalue weighted by Gasteiger charge is 2.39. The monoisotopic (exact) mass is 1470 g/mol. The van der Waals surface area contributed by atoms with Crippen molar-refractivity contribution in [1.29, 1.82) is 0 Å². The number of hydrogen-bond acceptors (Lipinski definition) is 21. The lowest BCUT2D eigenvalue weighted by Crippen LogP contribution is -2.63. The Morgan fingerprint density at radius 3 is 1.25 bits per heavy atom. The highest BCUT2D eigenvalue weighted by molar-refractivity contribution is 7.80. The summed E-state index contributed by atoms with van der Waals surface area (Å²) in [5, 5.41) is 68.2. The Hall–Kier alpha value is -10.5. The number of aliphatic hydroxyl groups excluding tert-OH is 2. The number of carbonyl (C=O) groups excluding carboxylic acids is 11. The van der Waals surface area contributed by atoms with Crippen molar-refractivity contribution in [3.8, 4) is 0 Å². The number of imidazole rings is 2. The van der Waals surface area contributed by atoms with Crippen molar-refractivity contribution in [1.82, 2.24) is 78.4 Å².